The number of alkyl halides is 1. The zero-order valence-corrected chi connectivity index (χ0v) is 8.75. The molecule has 0 aromatic rings. The van der Waals surface area contributed by atoms with E-state index in [1.165, 1.54) is 0 Å². The predicted molar refractivity (Wildman–Crippen MR) is 52.4 cm³/mol. The second-order valence-electron chi connectivity index (χ2n) is 4.77. The second kappa shape index (κ2) is 4.08. The molecule has 1 N–H and O–H groups in total. The van der Waals surface area contributed by atoms with Crippen molar-refractivity contribution in [3.8, 4) is 0 Å². The maximum atomic E-state index is 13.8. The minimum Gasteiger partial charge on any atom is -0.481 e. The van der Waals surface area contributed by atoms with Gasteiger partial charge >= 0.3 is 5.97 Å². The van der Waals surface area contributed by atoms with Crippen LogP contribution in [0.5, 0.6) is 0 Å². The van der Waals surface area contributed by atoms with Crippen LogP contribution in [0.25, 0.3) is 0 Å². The van der Waals surface area contributed by atoms with E-state index in [0.717, 1.165) is 19.3 Å². The smallest absolute Gasteiger partial charge is 0.314 e. The van der Waals surface area contributed by atoms with Crippen LogP contribution in [0.4, 0.5) is 4.39 Å². The lowest BCUT2D eigenvalue weighted by Gasteiger charge is -2.40. The van der Waals surface area contributed by atoms with Crippen molar-refractivity contribution >= 4 is 5.97 Å². The number of carboxylic acids is 1. The highest BCUT2D eigenvalue weighted by atomic mass is 19.1. The molecule has 86 valence electrons. The van der Waals surface area contributed by atoms with Gasteiger partial charge in [0.15, 0.2) is 0 Å². The lowest BCUT2D eigenvalue weighted by molar-refractivity contribution is -0.169. The molecule has 0 radical (unpaired) electrons. The molecule has 0 spiro atoms. The van der Waals surface area contributed by atoms with Gasteiger partial charge < -0.3 is 9.84 Å². The minimum atomic E-state index is -1.26. The van der Waals surface area contributed by atoms with Crippen LogP contribution >= 0.6 is 0 Å². The van der Waals surface area contributed by atoms with Gasteiger partial charge in [-0.15, -0.1) is 0 Å². The molecule has 0 amide bonds. The van der Waals surface area contributed by atoms with E-state index >= 15 is 0 Å². The minimum absolute atomic E-state index is 0.0417. The van der Waals surface area contributed by atoms with Crippen LogP contribution in [-0.4, -0.2) is 30.5 Å². The van der Waals surface area contributed by atoms with E-state index in [4.69, 9.17) is 4.74 Å². The third kappa shape index (κ3) is 1.87. The highest BCUT2D eigenvalue weighted by molar-refractivity contribution is 5.76. The number of rotatable bonds is 3. The summed E-state index contributed by atoms with van der Waals surface area (Å²) in [6, 6.07) is 0. The third-order valence-corrected chi connectivity index (χ3v) is 3.78. The van der Waals surface area contributed by atoms with E-state index < -0.39 is 17.6 Å². The van der Waals surface area contributed by atoms with Gasteiger partial charge in [-0.05, 0) is 12.3 Å². The molecule has 1 saturated carbocycles. The number of hydrogen-bond acceptors (Lipinski definition) is 2. The Bertz CT molecular complexity index is 252. The summed E-state index contributed by atoms with van der Waals surface area (Å²) < 4.78 is 19.0. The van der Waals surface area contributed by atoms with Gasteiger partial charge in [0.1, 0.15) is 11.6 Å². The molecule has 0 aromatic heterocycles. The lowest BCUT2D eigenvalue weighted by atomic mass is 9.68. The van der Waals surface area contributed by atoms with Crippen molar-refractivity contribution in [2.45, 2.75) is 38.3 Å². The molecule has 4 heteroatoms. The van der Waals surface area contributed by atoms with Crippen LogP contribution in [0, 0.1) is 11.3 Å². The van der Waals surface area contributed by atoms with Crippen LogP contribution < -0.4 is 0 Å². The second-order valence-corrected chi connectivity index (χ2v) is 4.77. The fourth-order valence-corrected chi connectivity index (χ4v) is 2.49. The topological polar surface area (TPSA) is 46.5 Å². The highest BCUT2D eigenvalue weighted by Crippen LogP contribution is 2.43. The summed E-state index contributed by atoms with van der Waals surface area (Å²) in [6.45, 7) is 0.390. The number of ether oxygens (including phenoxy) is 1. The average Bonchev–Trinajstić information content (AvgIpc) is 2.14. The van der Waals surface area contributed by atoms with E-state index in [0.29, 0.717) is 18.9 Å². The zero-order valence-electron chi connectivity index (χ0n) is 8.75. The Labute approximate surface area is 88.6 Å². The Morgan fingerprint density at radius 3 is 2.67 bits per heavy atom. The number of hydrogen-bond donors (Lipinski definition) is 1. The summed E-state index contributed by atoms with van der Waals surface area (Å²) in [5, 5.41) is 9.21. The maximum Gasteiger partial charge on any atom is 0.314 e. The van der Waals surface area contributed by atoms with Crippen molar-refractivity contribution in [1.82, 2.24) is 0 Å². The highest BCUT2D eigenvalue weighted by Gasteiger charge is 2.50. The van der Waals surface area contributed by atoms with Crippen LogP contribution in [0.1, 0.15) is 32.1 Å². The molecule has 15 heavy (non-hydrogen) atoms. The summed E-state index contributed by atoms with van der Waals surface area (Å²) in [6.07, 6.45) is 2.66. The van der Waals surface area contributed by atoms with Crippen molar-refractivity contribution in [2.75, 3.05) is 13.2 Å². The first-order valence-corrected chi connectivity index (χ1v) is 5.60. The molecule has 1 saturated heterocycles. The van der Waals surface area contributed by atoms with E-state index in [-0.39, 0.29) is 13.0 Å². The largest absolute Gasteiger partial charge is 0.481 e. The molecule has 2 aliphatic rings. The first-order valence-electron chi connectivity index (χ1n) is 5.60. The van der Waals surface area contributed by atoms with Crippen molar-refractivity contribution < 1.29 is 19.0 Å². The van der Waals surface area contributed by atoms with Crippen LogP contribution in [-0.2, 0) is 9.53 Å². The van der Waals surface area contributed by atoms with Crippen molar-refractivity contribution in [2.24, 2.45) is 11.3 Å². The molecule has 2 atom stereocenters. The van der Waals surface area contributed by atoms with E-state index in [9.17, 15) is 14.3 Å². The SMILES string of the molecule is O=C(O)C1(CC2CCC2)COCCC1F. The Morgan fingerprint density at radius 1 is 1.47 bits per heavy atom. The monoisotopic (exact) mass is 216 g/mol. The first kappa shape index (κ1) is 10.9. The molecule has 2 fully saturated rings. The molecule has 2 unspecified atom stereocenters. The summed E-state index contributed by atoms with van der Waals surface area (Å²) in [4.78, 5) is 11.2. The molecular formula is C11H17FO3. The lowest BCUT2D eigenvalue weighted by Crippen LogP contribution is -2.49. The summed E-state index contributed by atoms with van der Waals surface area (Å²) in [7, 11) is 0. The fourth-order valence-electron chi connectivity index (χ4n) is 2.49. The van der Waals surface area contributed by atoms with Gasteiger partial charge in [-0.2, -0.15) is 0 Å². The van der Waals surface area contributed by atoms with Gasteiger partial charge in [-0.1, -0.05) is 19.3 Å². The molecule has 1 heterocycles. The normalized spacial score (nSPS) is 37.3. The Balaban J connectivity index is 2.09. The van der Waals surface area contributed by atoms with Gasteiger partial charge in [0.05, 0.1) is 6.61 Å². The van der Waals surface area contributed by atoms with Crippen LogP contribution in [0.3, 0.4) is 0 Å². The van der Waals surface area contributed by atoms with E-state index in [1.807, 2.05) is 0 Å². The molecule has 2 rings (SSSR count). The number of carbonyl (C=O) groups is 1. The van der Waals surface area contributed by atoms with Crippen molar-refractivity contribution in [3.05, 3.63) is 0 Å². The van der Waals surface area contributed by atoms with Gasteiger partial charge in [0.2, 0.25) is 0 Å². The molecule has 0 bridgehead atoms. The average molecular weight is 216 g/mol. The predicted octanol–water partition coefficient (Wildman–Crippen LogP) is 2.01. The molecule has 0 aromatic carbocycles. The Kier molecular flexibility index (Phi) is 2.96. The van der Waals surface area contributed by atoms with E-state index in [1.54, 1.807) is 0 Å². The summed E-state index contributed by atoms with van der Waals surface area (Å²) in [5.41, 5.74) is -1.26. The van der Waals surface area contributed by atoms with Crippen LogP contribution in [0.2, 0.25) is 0 Å². The summed E-state index contributed by atoms with van der Waals surface area (Å²) >= 11 is 0. The van der Waals surface area contributed by atoms with Crippen molar-refractivity contribution in [3.63, 3.8) is 0 Å². The van der Waals surface area contributed by atoms with Crippen LogP contribution in [0.15, 0.2) is 0 Å². The summed E-state index contributed by atoms with van der Waals surface area (Å²) in [5.74, 6) is -0.636. The molecule has 1 aliphatic carbocycles. The van der Waals surface area contributed by atoms with Gasteiger partial charge in [0, 0.05) is 13.0 Å². The molecular weight excluding hydrogens is 199 g/mol. The molecule has 3 nitrogen and oxygen atoms in total. The molecule has 1 aliphatic heterocycles. The van der Waals surface area contributed by atoms with Gasteiger partial charge in [-0.3, -0.25) is 4.79 Å². The maximum absolute atomic E-state index is 13.8. The Morgan fingerprint density at radius 2 is 2.20 bits per heavy atom. The Hall–Kier alpha value is -0.640. The standard InChI is InChI=1S/C11H17FO3/c12-9-4-5-15-7-11(9,10(13)14)6-8-2-1-3-8/h8-9H,1-7H2,(H,13,14). The van der Waals surface area contributed by atoms with Gasteiger partial charge in [-0.25, -0.2) is 4.39 Å². The fraction of sp³-hybridized carbons (Fsp3) is 0.909. The van der Waals surface area contributed by atoms with Crippen molar-refractivity contribution in [1.29, 1.82) is 0 Å². The first-order chi connectivity index (χ1) is 7.15. The number of aliphatic carboxylic acids is 1. The quantitative estimate of drug-likeness (QED) is 0.785. The van der Waals surface area contributed by atoms with Gasteiger partial charge in [0.25, 0.3) is 0 Å². The third-order valence-electron chi connectivity index (χ3n) is 3.78. The number of halogens is 1. The van der Waals surface area contributed by atoms with E-state index in [2.05, 4.69) is 0 Å². The zero-order chi connectivity index (χ0) is 10.9. The number of carboxylic acid groups (broad SMARTS) is 1.